The third-order valence-electron chi connectivity index (χ3n) is 3.85. The summed E-state index contributed by atoms with van der Waals surface area (Å²) in [7, 11) is 0. The molecule has 0 N–H and O–H groups in total. The molecule has 6 heteroatoms. The molecule has 1 aliphatic heterocycles. The van der Waals surface area contributed by atoms with Crippen molar-refractivity contribution >= 4 is 0 Å². The van der Waals surface area contributed by atoms with Crippen LogP contribution in [0, 0.1) is 11.3 Å². The average molecular weight is 324 g/mol. The molecule has 6 nitrogen and oxygen atoms in total. The predicted octanol–water partition coefficient (Wildman–Crippen LogP) is 2.02. The molecule has 1 atom stereocenters. The van der Waals surface area contributed by atoms with Crippen molar-refractivity contribution in [1.82, 2.24) is 15.1 Å². The van der Waals surface area contributed by atoms with Gasteiger partial charge in [0.25, 0.3) is 0 Å². The molecule has 0 radical (unpaired) electrons. The number of nitriles is 1. The van der Waals surface area contributed by atoms with Gasteiger partial charge in [-0.15, -0.1) is 10.2 Å². The minimum absolute atomic E-state index is 0.00587. The first kappa shape index (κ1) is 16.4. The van der Waals surface area contributed by atoms with E-state index in [-0.39, 0.29) is 11.8 Å². The van der Waals surface area contributed by atoms with Gasteiger partial charge in [-0.25, -0.2) is 0 Å². The molecule has 0 spiro atoms. The standard InChI is InChI=1S/C18H20N4O2/c19-11-16-7-8-18(21-20-16)24-14-17-13-22(9-4-10-23-17)12-15-5-2-1-3-6-15/h1-3,5-8,17H,4,9-10,12-14H2. The monoisotopic (exact) mass is 324 g/mol. The summed E-state index contributed by atoms with van der Waals surface area (Å²) in [5.74, 6) is 0.413. The number of rotatable bonds is 5. The number of benzene rings is 1. The van der Waals surface area contributed by atoms with Gasteiger partial charge >= 0.3 is 0 Å². The zero-order chi connectivity index (χ0) is 16.6. The van der Waals surface area contributed by atoms with Gasteiger partial charge in [0.15, 0.2) is 5.69 Å². The highest BCUT2D eigenvalue weighted by atomic mass is 16.5. The van der Waals surface area contributed by atoms with Crippen LogP contribution in [-0.2, 0) is 11.3 Å². The van der Waals surface area contributed by atoms with Gasteiger partial charge in [-0.1, -0.05) is 30.3 Å². The number of ether oxygens (including phenoxy) is 2. The minimum atomic E-state index is -0.00587. The lowest BCUT2D eigenvalue weighted by Gasteiger charge is -2.23. The van der Waals surface area contributed by atoms with E-state index in [0.717, 1.165) is 32.7 Å². The summed E-state index contributed by atoms with van der Waals surface area (Å²) >= 11 is 0. The Labute approximate surface area is 141 Å². The maximum atomic E-state index is 8.72. The van der Waals surface area contributed by atoms with Crippen molar-refractivity contribution in [1.29, 1.82) is 5.26 Å². The zero-order valence-electron chi connectivity index (χ0n) is 13.5. The molecule has 1 saturated heterocycles. The second kappa shape index (κ2) is 8.39. The van der Waals surface area contributed by atoms with Gasteiger partial charge < -0.3 is 9.47 Å². The maximum absolute atomic E-state index is 8.72. The Morgan fingerprint density at radius 3 is 2.83 bits per heavy atom. The molecule has 0 aliphatic carbocycles. The lowest BCUT2D eigenvalue weighted by Crippen LogP contribution is -2.35. The maximum Gasteiger partial charge on any atom is 0.233 e. The summed E-state index contributed by atoms with van der Waals surface area (Å²) < 4.78 is 11.5. The third kappa shape index (κ3) is 4.75. The molecule has 0 saturated carbocycles. The minimum Gasteiger partial charge on any atom is -0.474 e. The number of hydrogen-bond acceptors (Lipinski definition) is 6. The van der Waals surface area contributed by atoms with Gasteiger partial charge in [-0.3, -0.25) is 4.90 Å². The Bertz CT molecular complexity index is 670. The van der Waals surface area contributed by atoms with Crippen LogP contribution >= 0.6 is 0 Å². The lowest BCUT2D eigenvalue weighted by atomic mass is 10.2. The van der Waals surface area contributed by atoms with Crippen LogP contribution in [0.4, 0.5) is 0 Å². The first-order chi connectivity index (χ1) is 11.8. The van der Waals surface area contributed by atoms with Gasteiger partial charge in [0.1, 0.15) is 18.8 Å². The van der Waals surface area contributed by atoms with Crippen molar-refractivity contribution in [3.63, 3.8) is 0 Å². The van der Waals surface area contributed by atoms with E-state index in [1.807, 2.05) is 12.1 Å². The summed E-state index contributed by atoms with van der Waals surface area (Å²) in [5, 5.41) is 16.4. The quantitative estimate of drug-likeness (QED) is 0.838. The van der Waals surface area contributed by atoms with E-state index in [0.29, 0.717) is 12.5 Å². The first-order valence-corrected chi connectivity index (χ1v) is 8.08. The molecule has 2 heterocycles. The Balaban J connectivity index is 1.53. The van der Waals surface area contributed by atoms with Crippen LogP contribution in [-0.4, -0.2) is 47.5 Å². The van der Waals surface area contributed by atoms with Crippen LogP contribution in [0.25, 0.3) is 0 Å². The van der Waals surface area contributed by atoms with E-state index in [1.165, 1.54) is 5.56 Å². The summed E-state index contributed by atoms with van der Waals surface area (Å²) in [4.78, 5) is 2.39. The molecule has 1 aromatic heterocycles. The van der Waals surface area contributed by atoms with Crippen molar-refractivity contribution in [2.45, 2.75) is 19.1 Å². The van der Waals surface area contributed by atoms with Crippen molar-refractivity contribution in [3.05, 3.63) is 53.7 Å². The second-order valence-corrected chi connectivity index (χ2v) is 5.75. The van der Waals surface area contributed by atoms with E-state index >= 15 is 0 Å². The Kier molecular flexibility index (Phi) is 5.72. The number of hydrogen-bond donors (Lipinski definition) is 0. The molecule has 1 aromatic carbocycles. The molecule has 2 aromatic rings. The zero-order valence-corrected chi connectivity index (χ0v) is 13.5. The van der Waals surface area contributed by atoms with Crippen molar-refractivity contribution in [2.24, 2.45) is 0 Å². The topological polar surface area (TPSA) is 71.3 Å². The molecule has 0 amide bonds. The number of aromatic nitrogens is 2. The summed E-state index contributed by atoms with van der Waals surface area (Å²) in [5.41, 5.74) is 1.58. The molecular formula is C18H20N4O2. The Morgan fingerprint density at radius 2 is 2.08 bits per heavy atom. The van der Waals surface area contributed by atoms with E-state index in [2.05, 4.69) is 39.4 Å². The lowest BCUT2D eigenvalue weighted by molar-refractivity contribution is 0.0187. The van der Waals surface area contributed by atoms with E-state index in [9.17, 15) is 0 Å². The number of nitrogens with zero attached hydrogens (tertiary/aromatic N) is 4. The molecule has 0 bridgehead atoms. The highest BCUT2D eigenvalue weighted by Gasteiger charge is 2.19. The van der Waals surface area contributed by atoms with Gasteiger partial charge in [-0.2, -0.15) is 5.26 Å². The van der Waals surface area contributed by atoms with Crippen LogP contribution in [0.3, 0.4) is 0 Å². The van der Waals surface area contributed by atoms with Crippen molar-refractivity contribution in [2.75, 3.05) is 26.3 Å². The second-order valence-electron chi connectivity index (χ2n) is 5.75. The average Bonchev–Trinajstić information content (AvgIpc) is 2.86. The summed E-state index contributed by atoms with van der Waals surface area (Å²) in [6.45, 7) is 3.91. The first-order valence-electron chi connectivity index (χ1n) is 8.08. The molecule has 1 fully saturated rings. The van der Waals surface area contributed by atoms with Crippen LogP contribution in [0.1, 0.15) is 17.7 Å². The predicted molar refractivity (Wildman–Crippen MR) is 88.3 cm³/mol. The fourth-order valence-electron chi connectivity index (χ4n) is 2.69. The summed E-state index contributed by atoms with van der Waals surface area (Å²) in [6.07, 6.45) is 1.01. The molecule has 1 aliphatic rings. The van der Waals surface area contributed by atoms with Crippen LogP contribution in [0.15, 0.2) is 42.5 Å². The molecule has 124 valence electrons. The molecule has 1 unspecified atom stereocenters. The third-order valence-corrected chi connectivity index (χ3v) is 3.85. The van der Waals surface area contributed by atoms with Gasteiger partial charge in [0.05, 0.1) is 0 Å². The summed E-state index contributed by atoms with van der Waals surface area (Å²) in [6, 6.07) is 15.6. The van der Waals surface area contributed by atoms with E-state index < -0.39 is 0 Å². The van der Waals surface area contributed by atoms with E-state index in [1.54, 1.807) is 12.1 Å². The van der Waals surface area contributed by atoms with Crippen LogP contribution < -0.4 is 4.74 Å². The van der Waals surface area contributed by atoms with Gasteiger partial charge in [0, 0.05) is 32.3 Å². The van der Waals surface area contributed by atoms with E-state index in [4.69, 9.17) is 14.7 Å². The van der Waals surface area contributed by atoms with Crippen LogP contribution in [0.5, 0.6) is 5.88 Å². The normalized spacial score (nSPS) is 18.5. The van der Waals surface area contributed by atoms with Gasteiger partial charge in [-0.05, 0) is 18.1 Å². The molecule has 24 heavy (non-hydrogen) atoms. The smallest absolute Gasteiger partial charge is 0.233 e. The Hall–Kier alpha value is -2.49. The molecule has 3 rings (SSSR count). The SMILES string of the molecule is N#Cc1ccc(OCC2CN(Cc3ccccc3)CCCO2)nn1. The molecular weight excluding hydrogens is 304 g/mol. The fourth-order valence-corrected chi connectivity index (χ4v) is 2.69. The Morgan fingerprint density at radius 1 is 1.21 bits per heavy atom. The fraction of sp³-hybridized carbons (Fsp3) is 0.389. The van der Waals surface area contributed by atoms with Crippen LogP contribution in [0.2, 0.25) is 0 Å². The van der Waals surface area contributed by atoms with Crippen molar-refractivity contribution < 1.29 is 9.47 Å². The largest absolute Gasteiger partial charge is 0.474 e. The highest BCUT2D eigenvalue weighted by molar-refractivity contribution is 5.21. The van der Waals surface area contributed by atoms with Gasteiger partial charge in [0.2, 0.25) is 5.88 Å². The highest BCUT2D eigenvalue weighted by Crippen LogP contribution is 2.12. The van der Waals surface area contributed by atoms with Crippen molar-refractivity contribution in [3.8, 4) is 11.9 Å².